The van der Waals surface area contributed by atoms with E-state index in [0.717, 1.165) is 32.1 Å². The average Bonchev–Trinajstić information content (AvgIpc) is 3.27. The highest BCUT2D eigenvalue weighted by Gasteiger charge is 2.28. The summed E-state index contributed by atoms with van der Waals surface area (Å²) in [5, 5.41) is 7.71. The zero-order valence-corrected chi connectivity index (χ0v) is 13.5. The van der Waals surface area contributed by atoms with E-state index in [1.54, 1.807) is 0 Å². The molecule has 1 unspecified atom stereocenters. The number of sulfonamides is 1. The lowest BCUT2D eigenvalue weighted by Gasteiger charge is -2.13. The highest BCUT2D eigenvalue weighted by Crippen LogP contribution is 2.31. The van der Waals surface area contributed by atoms with Crippen LogP contribution in [0.1, 0.15) is 18.4 Å². The van der Waals surface area contributed by atoms with Gasteiger partial charge in [0.1, 0.15) is 4.90 Å². The highest BCUT2D eigenvalue weighted by molar-refractivity contribution is 7.89. The molecule has 5 N–H and O–H groups in total. The van der Waals surface area contributed by atoms with Crippen LogP contribution < -0.4 is 20.9 Å². The fourth-order valence-corrected chi connectivity index (χ4v) is 3.06. The molecule has 0 aliphatic heterocycles. The minimum absolute atomic E-state index is 0.0912. The molecule has 23 heavy (non-hydrogen) atoms. The number of hydrogen-bond donors (Lipinski definition) is 3. The van der Waals surface area contributed by atoms with Crippen LogP contribution in [0.2, 0.25) is 0 Å². The zero-order chi connectivity index (χ0) is 17.2. The zero-order valence-electron chi connectivity index (χ0n) is 12.7. The lowest BCUT2D eigenvalue weighted by Crippen LogP contribution is -2.39. The lowest BCUT2D eigenvalue weighted by atomic mass is 10.1. The van der Waals surface area contributed by atoms with Gasteiger partial charge in [-0.1, -0.05) is 0 Å². The second-order valence-electron chi connectivity index (χ2n) is 5.64. The van der Waals surface area contributed by atoms with E-state index in [4.69, 9.17) is 15.6 Å². The van der Waals surface area contributed by atoms with Gasteiger partial charge in [0.2, 0.25) is 15.9 Å². The van der Waals surface area contributed by atoms with Crippen LogP contribution in [0.3, 0.4) is 0 Å². The number of benzene rings is 1. The van der Waals surface area contributed by atoms with Crippen molar-refractivity contribution in [1.82, 2.24) is 5.32 Å². The Balaban J connectivity index is 2.10. The van der Waals surface area contributed by atoms with Gasteiger partial charge in [0.05, 0.1) is 13.5 Å². The van der Waals surface area contributed by atoms with Crippen LogP contribution in [0, 0.1) is 11.7 Å². The molecule has 0 spiro atoms. The van der Waals surface area contributed by atoms with E-state index in [2.05, 4.69) is 5.32 Å². The molecule has 1 amide bonds. The van der Waals surface area contributed by atoms with Crippen molar-refractivity contribution in [3.63, 3.8) is 0 Å². The number of methoxy groups -OCH3 is 1. The molecule has 0 radical (unpaired) electrons. The van der Waals surface area contributed by atoms with Crippen LogP contribution in [0.15, 0.2) is 17.0 Å². The van der Waals surface area contributed by atoms with Gasteiger partial charge in [-0.3, -0.25) is 4.79 Å². The molecule has 9 heteroatoms. The Morgan fingerprint density at radius 3 is 2.65 bits per heavy atom. The van der Waals surface area contributed by atoms with Gasteiger partial charge in [-0.2, -0.15) is 0 Å². The summed E-state index contributed by atoms with van der Waals surface area (Å²) in [5.74, 6) is -1.28. The van der Waals surface area contributed by atoms with Crippen molar-refractivity contribution in [2.45, 2.75) is 30.2 Å². The van der Waals surface area contributed by atoms with E-state index in [0.29, 0.717) is 12.5 Å². The van der Waals surface area contributed by atoms with Gasteiger partial charge in [0.15, 0.2) is 11.6 Å². The Morgan fingerprint density at radius 1 is 1.48 bits per heavy atom. The predicted molar refractivity (Wildman–Crippen MR) is 81.7 cm³/mol. The summed E-state index contributed by atoms with van der Waals surface area (Å²) < 4.78 is 41.7. The molecule has 1 fully saturated rings. The molecule has 0 saturated heterocycles. The lowest BCUT2D eigenvalue weighted by molar-refractivity contribution is -0.120. The van der Waals surface area contributed by atoms with Gasteiger partial charge >= 0.3 is 0 Å². The number of nitrogens with two attached hydrogens (primary N) is 2. The second kappa shape index (κ2) is 6.81. The molecule has 1 aromatic carbocycles. The monoisotopic (exact) mass is 345 g/mol. The van der Waals surface area contributed by atoms with Crippen molar-refractivity contribution >= 4 is 15.9 Å². The van der Waals surface area contributed by atoms with Crippen LogP contribution in [-0.4, -0.2) is 34.0 Å². The molecule has 128 valence electrons. The predicted octanol–water partition coefficient (Wildman–Crippen LogP) is -0.122. The third-order valence-electron chi connectivity index (χ3n) is 3.71. The maximum absolute atomic E-state index is 13.9. The fraction of sp³-hybridized carbons (Fsp3) is 0.500. The summed E-state index contributed by atoms with van der Waals surface area (Å²) in [6, 6.07) is 2.09. The van der Waals surface area contributed by atoms with Gasteiger partial charge in [-0.25, -0.2) is 17.9 Å². The molecule has 1 atom stereocenters. The summed E-state index contributed by atoms with van der Waals surface area (Å²) in [7, 11) is -3.03. The molecule has 1 aliphatic rings. The Labute approximate surface area is 134 Å². The van der Waals surface area contributed by atoms with E-state index in [-0.39, 0.29) is 23.9 Å². The van der Waals surface area contributed by atoms with E-state index in [9.17, 15) is 17.6 Å². The van der Waals surface area contributed by atoms with Gasteiger partial charge in [-0.05, 0) is 36.5 Å². The standard InChI is InChI=1S/C14H20FN3O4S/c1-22-14-10(15)4-8(5-12(14)23(17,20)21)6-13(19)18-7-11(16)9-2-3-9/h4-5,9,11H,2-3,6-7,16H2,1H3,(H,18,19)(H2,17,20,21). The van der Waals surface area contributed by atoms with Gasteiger partial charge in [-0.15, -0.1) is 0 Å². The maximum atomic E-state index is 13.9. The first-order valence-corrected chi connectivity index (χ1v) is 8.68. The Hall–Kier alpha value is -1.71. The van der Waals surface area contributed by atoms with Crippen molar-refractivity contribution < 1.29 is 22.3 Å². The number of hydrogen-bond acceptors (Lipinski definition) is 5. The van der Waals surface area contributed by atoms with Crippen molar-refractivity contribution in [3.8, 4) is 5.75 Å². The van der Waals surface area contributed by atoms with E-state index in [1.807, 2.05) is 0 Å². The number of carbonyl (C=O) groups excluding carboxylic acids is 1. The second-order valence-corrected chi connectivity index (χ2v) is 7.17. The summed E-state index contributed by atoms with van der Waals surface area (Å²) >= 11 is 0. The number of amides is 1. The Kier molecular flexibility index (Phi) is 5.23. The highest BCUT2D eigenvalue weighted by atomic mass is 32.2. The third-order valence-corrected chi connectivity index (χ3v) is 4.62. The molecule has 0 bridgehead atoms. The minimum Gasteiger partial charge on any atom is -0.492 e. The van der Waals surface area contributed by atoms with Crippen LogP contribution >= 0.6 is 0 Å². The molecule has 7 nitrogen and oxygen atoms in total. The van der Waals surface area contributed by atoms with Crippen LogP contribution in [0.25, 0.3) is 0 Å². The van der Waals surface area contributed by atoms with Crippen molar-refractivity contribution in [3.05, 3.63) is 23.5 Å². The molecular formula is C14H20FN3O4S. The van der Waals surface area contributed by atoms with Crippen molar-refractivity contribution in [2.75, 3.05) is 13.7 Å². The Bertz CT molecular complexity index is 704. The molecular weight excluding hydrogens is 325 g/mol. The Morgan fingerprint density at radius 2 is 2.13 bits per heavy atom. The molecule has 2 rings (SSSR count). The SMILES string of the molecule is COc1c(F)cc(CC(=O)NCC(N)C2CC2)cc1S(N)(=O)=O. The van der Waals surface area contributed by atoms with Crippen LogP contribution in [0.4, 0.5) is 4.39 Å². The number of rotatable bonds is 7. The first-order chi connectivity index (χ1) is 10.7. The van der Waals surface area contributed by atoms with Gasteiger partial charge < -0.3 is 15.8 Å². The third kappa shape index (κ3) is 4.63. The van der Waals surface area contributed by atoms with Crippen LogP contribution in [0.5, 0.6) is 5.75 Å². The molecule has 0 aromatic heterocycles. The summed E-state index contributed by atoms with van der Waals surface area (Å²) in [6.45, 7) is 0.337. The van der Waals surface area contributed by atoms with Gasteiger partial charge in [0.25, 0.3) is 0 Å². The minimum atomic E-state index is -4.17. The summed E-state index contributed by atoms with van der Waals surface area (Å²) in [5.41, 5.74) is 6.06. The normalized spacial score (nSPS) is 16.0. The van der Waals surface area contributed by atoms with E-state index >= 15 is 0 Å². The number of primary sulfonamides is 1. The molecule has 1 aliphatic carbocycles. The quantitative estimate of drug-likeness (QED) is 0.635. The average molecular weight is 345 g/mol. The largest absolute Gasteiger partial charge is 0.492 e. The smallest absolute Gasteiger partial charge is 0.241 e. The number of carbonyl (C=O) groups is 1. The summed E-state index contributed by atoms with van der Waals surface area (Å²) in [4.78, 5) is 11.4. The van der Waals surface area contributed by atoms with Crippen molar-refractivity contribution in [1.29, 1.82) is 0 Å². The maximum Gasteiger partial charge on any atom is 0.241 e. The fourth-order valence-electron chi connectivity index (χ4n) is 2.30. The van der Waals surface area contributed by atoms with Crippen molar-refractivity contribution in [2.24, 2.45) is 16.8 Å². The van der Waals surface area contributed by atoms with E-state index < -0.39 is 26.5 Å². The number of ether oxygens (including phenoxy) is 1. The molecule has 1 aromatic rings. The molecule has 0 heterocycles. The van der Waals surface area contributed by atoms with Gasteiger partial charge in [0, 0.05) is 12.6 Å². The topological polar surface area (TPSA) is 125 Å². The molecule has 1 saturated carbocycles. The first-order valence-electron chi connectivity index (χ1n) is 7.14. The number of nitrogens with one attached hydrogen (secondary N) is 1. The van der Waals surface area contributed by atoms with E-state index in [1.165, 1.54) is 0 Å². The first kappa shape index (κ1) is 17.6. The summed E-state index contributed by atoms with van der Waals surface area (Å²) in [6.07, 6.45) is 1.96. The van der Waals surface area contributed by atoms with Crippen LogP contribution in [-0.2, 0) is 21.2 Å². The number of halogens is 1.